The molecule has 0 saturated heterocycles. The number of nitrogens with one attached hydrogen (secondary N) is 1. The number of likely N-dealkylation sites (N-methyl/N-ethyl adjacent to an activating group) is 1. The Morgan fingerprint density at radius 3 is 2.59 bits per heavy atom. The van der Waals surface area contributed by atoms with E-state index in [2.05, 4.69) is 5.32 Å². The van der Waals surface area contributed by atoms with Crippen LogP contribution in [-0.4, -0.2) is 25.0 Å². The van der Waals surface area contributed by atoms with Crippen molar-refractivity contribution in [3.05, 3.63) is 29.6 Å². The van der Waals surface area contributed by atoms with E-state index in [1.54, 1.807) is 19.9 Å². The number of hydrogen-bond acceptors (Lipinski definition) is 3. The lowest BCUT2D eigenvalue weighted by molar-refractivity contribution is 0.0883. The van der Waals surface area contributed by atoms with Crippen molar-refractivity contribution in [2.75, 3.05) is 13.7 Å². The van der Waals surface area contributed by atoms with Crippen LogP contribution in [0.3, 0.4) is 0 Å². The van der Waals surface area contributed by atoms with Crippen LogP contribution in [0.25, 0.3) is 0 Å². The van der Waals surface area contributed by atoms with Crippen LogP contribution in [0.5, 0.6) is 5.75 Å². The predicted molar refractivity (Wildman–Crippen MR) is 65.0 cm³/mol. The molecule has 1 N–H and O–H groups in total. The topological polar surface area (TPSA) is 38.3 Å². The quantitative estimate of drug-likeness (QED) is 0.802. The second-order valence-electron chi connectivity index (χ2n) is 4.33. The van der Waals surface area contributed by atoms with Crippen molar-refractivity contribution in [2.24, 2.45) is 0 Å². The van der Waals surface area contributed by atoms with E-state index in [-0.39, 0.29) is 11.5 Å². The van der Waals surface area contributed by atoms with Gasteiger partial charge in [-0.25, -0.2) is 4.39 Å². The third kappa shape index (κ3) is 3.03. The molecule has 0 fully saturated rings. The summed E-state index contributed by atoms with van der Waals surface area (Å²) in [6, 6.07) is 4.24. The molecule has 94 valence electrons. The molecule has 0 amide bonds. The summed E-state index contributed by atoms with van der Waals surface area (Å²) >= 11 is 0. The summed E-state index contributed by atoms with van der Waals surface area (Å²) < 4.78 is 18.3. The number of methoxy groups -OCH3 is 1. The van der Waals surface area contributed by atoms with E-state index in [1.807, 2.05) is 6.92 Å². The summed E-state index contributed by atoms with van der Waals surface area (Å²) in [6.45, 7) is 6.16. The summed E-state index contributed by atoms with van der Waals surface area (Å²) in [5.41, 5.74) is -0.357. The summed E-state index contributed by atoms with van der Waals surface area (Å²) in [7, 11) is 1.39. The van der Waals surface area contributed by atoms with Gasteiger partial charge in [-0.3, -0.25) is 4.79 Å². The van der Waals surface area contributed by atoms with Crippen LogP contribution >= 0.6 is 0 Å². The first-order valence-electron chi connectivity index (χ1n) is 5.55. The third-order valence-corrected chi connectivity index (χ3v) is 2.60. The van der Waals surface area contributed by atoms with Gasteiger partial charge in [0.15, 0.2) is 17.3 Å². The van der Waals surface area contributed by atoms with Crippen molar-refractivity contribution in [1.82, 2.24) is 5.32 Å². The van der Waals surface area contributed by atoms with Gasteiger partial charge in [-0.1, -0.05) is 6.92 Å². The van der Waals surface area contributed by atoms with Crippen LogP contribution in [0.1, 0.15) is 31.1 Å². The summed E-state index contributed by atoms with van der Waals surface area (Å²) in [4.78, 5) is 12.1. The first-order chi connectivity index (χ1) is 7.92. The van der Waals surface area contributed by atoms with Crippen LogP contribution in [0.4, 0.5) is 4.39 Å². The van der Waals surface area contributed by atoms with Crippen molar-refractivity contribution in [3.8, 4) is 5.75 Å². The zero-order valence-corrected chi connectivity index (χ0v) is 10.6. The average molecular weight is 239 g/mol. The van der Waals surface area contributed by atoms with Gasteiger partial charge in [0.05, 0.1) is 12.6 Å². The van der Waals surface area contributed by atoms with Gasteiger partial charge >= 0.3 is 0 Å². The normalized spacial score (nSPS) is 11.4. The first-order valence-corrected chi connectivity index (χ1v) is 5.55. The van der Waals surface area contributed by atoms with Crippen molar-refractivity contribution >= 4 is 5.78 Å². The maximum Gasteiger partial charge on any atom is 0.182 e. The fourth-order valence-electron chi connectivity index (χ4n) is 1.69. The summed E-state index contributed by atoms with van der Waals surface area (Å²) in [5, 5.41) is 3.06. The fourth-order valence-corrected chi connectivity index (χ4v) is 1.69. The number of carbonyl (C=O) groups is 1. The van der Waals surface area contributed by atoms with Gasteiger partial charge in [0.25, 0.3) is 0 Å². The largest absolute Gasteiger partial charge is 0.494 e. The highest BCUT2D eigenvalue weighted by atomic mass is 19.1. The minimum atomic E-state index is -0.699. The molecule has 4 heteroatoms. The molecule has 1 aromatic carbocycles. The molecule has 17 heavy (non-hydrogen) atoms. The minimum Gasteiger partial charge on any atom is -0.494 e. The lowest BCUT2D eigenvalue weighted by atomic mass is 9.93. The standard InChI is InChI=1S/C13H18FNO2/c1-5-15-13(2,3)12(16)9-6-7-11(17-4)10(14)8-9/h6-8,15H,5H2,1-4H3. The highest BCUT2D eigenvalue weighted by Gasteiger charge is 2.27. The van der Waals surface area contributed by atoms with Crippen molar-refractivity contribution in [2.45, 2.75) is 26.3 Å². The van der Waals surface area contributed by atoms with E-state index in [9.17, 15) is 9.18 Å². The molecule has 0 aromatic heterocycles. The molecule has 0 aliphatic carbocycles. The van der Waals surface area contributed by atoms with Gasteiger partial charge in [-0.05, 0) is 38.6 Å². The van der Waals surface area contributed by atoms with Crippen LogP contribution in [-0.2, 0) is 0 Å². The zero-order chi connectivity index (χ0) is 13.1. The van der Waals surface area contributed by atoms with Crippen molar-refractivity contribution in [3.63, 3.8) is 0 Å². The molecule has 0 aliphatic heterocycles. The number of halogens is 1. The number of Topliss-reactive ketones (excluding diaryl/α,β-unsaturated/α-hetero) is 1. The Labute approximate surface area is 101 Å². The van der Waals surface area contributed by atoms with Gasteiger partial charge in [0, 0.05) is 5.56 Å². The molecule has 1 rings (SSSR count). The molecule has 0 atom stereocenters. The maximum absolute atomic E-state index is 13.5. The molecule has 0 radical (unpaired) electrons. The number of rotatable bonds is 5. The van der Waals surface area contributed by atoms with Crippen LogP contribution in [0.2, 0.25) is 0 Å². The summed E-state index contributed by atoms with van der Waals surface area (Å²) in [5.74, 6) is -0.519. The van der Waals surface area contributed by atoms with E-state index < -0.39 is 11.4 Å². The molecule has 0 aliphatic rings. The zero-order valence-electron chi connectivity index (χ0n) is 10.6. The highest BCUT2D eigenvalue weighted by molar-refractivity contribution is 6.02. The monoisotopic (exact) mass is 239 g/mol. The van der Waals surface area contributed by atoms with Crippen LogP contribution < -0.4 is 10.1 Å². The molecular weight excluding hydrogens is 221 g/mol. The van der Waals surface area contributed by atoms with Crippen LogP contribution in [0.15, 0.2) is 18.2 Å². The molecule has 0 spiro atoms. The van der Waals surface area contributed by atoms with Gasteiger partial charge in [-0.2, -0.15) is 0 Å². The van der Waals surface area contributed by atoms with Crippen molar-refractivity contribution in [1.29, 1.82) is 0 Å². The number of ether oxygens (including phenoxy) is 1. The molecule has 0 saturated carbocycles. The molecule has 0 bridgehead atoms. The van der Waals surface area contributed by atoms with E-state index in [0.29, 0.717) is 12.1 Å². The second kappa shape index (κ2) is 5.27. The Balaban J connectivity index is 3.01. The molecular formula is C13H18FNO2. The third-order valence-electron chi connectivity index (χ3n) is 2.60. The van der Waals surface area contributed by atoms with Crippen LogP contribution in [0, 0.1) is 5.82 Å². The number of carbonyl (C=O) groups excluding carboxylic acids is 1. The fraction of sp³-hybridized carbons (Fsp3) is 0.462. The first kappa shape index (κ1) is 13.6. The Morgan fingerprint density at radius 2 is 2.12 bits per heavy atom. The van der Waals surface area contributed by atoms with E-state index in [4.69, 9.17) is 4.74 Å². The number of benzene rings is 1. The Kier molecular flexibility index (Phi) is 4.23. The molecule has 1 aromatic rings. The number of hydrogen-bond donors (Lipinski definition) is 1. The van der Waals surface area contributed by atoms with Gasteiger partial charge in [0.2, 0.25) is 0 Å². The van der Waals surface area contributed by atoms with E-state index >= 15 is 0 Å². The van der Waals surface area contributed by atoms with Crippen molar-refractivity contribution < 1.29 is 13.9 Å². The van der Waals surface area contributed by atoms with Gasteiger partial charge in [-0.15, -0.1) is 0 Å². The average Bonchev–Trinajstić information content (AvgIpc) is 2.27. The van der Waals surface area contributed by atoms with E-state index in [1.165, 1.54) is 19.2 Å². The Hall–Kier alpha value is -1.42. The maximum atomic E-state index is 13.5. The molecule has 0 unspecified atom stereocenters. The lowest BCUT2D eigenvalue weighted by Gasteiger charge is -2.24. The van der Waals surface area contributed by atoms with E-state index in [0.717, 1.165) is 0 Å². The predicted octanol–water partition coefficient (Wildman–Crippen LogP) is 2.41. The smallest absolute Gasteiger partial charge is 0.182 e. The Bertz CT molecular complexity index is 416. The van der Waals surface area contributed by atoms with Gasteiger partial charge in [0.1, 0.15) is 0 Å². The Morgan fingerprint density at radius 1 is 1.47 bits per heavy atom. The SMILES string of the molecule is CCNC(C)(C)C(=O)c1ccc(OC)c(F)c1. The highest BCUT2D eigenvalue weighted by Crippen LogP contribution is 2.20. The minimum absolute atomic E-state index is 0.138. The molecule has 3 nitrogen and oxygen atoms in total. The second-order valence-corrected chi connectivity index (χ2v) is 4.33. The molecule has 0 heterocycles. The lowest BCUT2D eigenvalue weighted by Crippen LogP contribution is -2.46. The summed E-state index contributed by atoms with van der Waals surface area (Å²) in [6.07, 6.45) is 0. The van der Waals surface area contributed by atoms with Gasteiger partial charge < -0.3 is 10.1 Å². The number of ketones is 1.